The Balaban J connectivity index is 1.62. The molecule has 2 aromatic carbocycles. The summed E-state index contributed by atoms with van der Waals surface area (Å²) in [5, 5.41) is 8.16. The van der Waals surface area contributed by atoms with Gasteiger partial charge in [0.2, 0.25) is 0 Å². The molecule has 0 fully saturated rings. The van der Waals surface area contributed by atoms with Gasteiger partial charge in [-0.3, -0.25) is 9.25 Å². The Morgan fingerprint density at radius 3 is 2.56 bits per heavy atom. The molecule has 7 heteroatoms. The quantitative estimate of drug-likeness (QED) is 0.504. The zero-order valence-corrected chi connectivity index (χ0v) is 14.7. The molecule has 0 spiro atoms. The summed E-state index contributed by atoms with van der Waals surface area (Å²) in [7, 11) is 1.85. The number of rotatable bonds is 3. The van der Waals surface area contributed by atoms with E-state index in [0.29, 0.717) is 5.69 Å². The van der Waals surface area contributed by atoms with Crippen molar-refractivity contribution in [2.45, 2.75) is 0 Å². The molecule has 0 aliphatic rings. The maximum Gasteiger partial charge on any atom is 0.113 e. The number of hydrogen-bond donors (Lipinski definition) is 1. The van der Waals surface area contributed by atoms with Gasteiger partial charge < -0.3 is 10.3 Å². The van der Waals surface area contributed by atoms with E-state index in [1.165, 1.54) is 0 Å². The average molecular weight is 355 g/mol. The Morgan fingerprint density at radius 2 is 1.78 bits per heavy atom. The summed E-state index contributed by atoms with van der Waals surface area (Å²) in [5.41, 5.74) is 12.5. The van der Waals surface area contributed by atoms with E-state index in [4.69, 9.17) is 5.73 Å². The van der Waals surface area contributed by atoms with Crippen LogP contribution in [0, 0.1) is 0 Å². The van der Waals surface area contributed by atoms with Crippen molar-refractivity contribution in [1.82, 2.24) is 29.1 Å². The van der Waals surface area contributed by atoms with E-state index in [-0.39, 0.29) is 0 Å². The molecule has 0 amide bonds. The molecule has 2 N–H and O–H groups in total. The molecule has 0 radical (unpaired) electrons. The van der Waals surface area contributed by atoms with E-state index in [9.17, 15) is 0 Å². The van der Waals surface area contributed by atoms with Gasteiger partial charge in [0.25, 0.3) is 0 Å². The molecular formula is C20H17N7. The van der Waals surface area contributed by atoms with Crippen LogP contribution < -0.4 is 5.73 Å². The molecule has 0 bridgehead atoms. The fourth-order valence-electron chi connectivity index (χ4n) is 3.27. The second-order valence-electron chi connectivity index (χ2n) is 6.47. The molecule has 0 aliphatic carbocycles. The SMILES string of the molecule is Cn1cc(-c2ccc3c(c2)ncn3-c2cc(N)cc(-n3cccc3)c2)nn1. The van der Waals surface area contributed by atoms with Crippen LogP contribution >= 0.6 is 0 Å². The van der Waals surface area contributed by atoms with Gasteiger partial charge in [0.1, 0.15) is 12.0 Å². The van der Waals surface area contributed by atoms with Crippen LogP contribution in [0.5, 0.6) is 0 Å². The van der Waals surface area contributed by atoms with Gasteiger partial charge in [-0.05, 0) is 42.5 Å². The zero-order valence-electron chi connectivity index (χ0n) is 14.7. The maximum atomic E-state index is 6.15. The van der Waals surface area contributed by atoms with Crippen molar-refractivity contribution < 1.29 is 0 Å². The third kappa shape index (κ3) is 2.65. The molecule has 27 heavy (non-hydrogen) atoms. The second-order valence-corrected chi connectivity index (χ2v) is 6.47. The van der Waals surface area contributed by atoms with Crippen LogP contribution in [0.3, 0.4) is 0 Å². The number of benzene rings is 2. The molecule has 5 rings (SSSR count). The highest BCUT2D eigenvalue weighted by molar-refractivity contribution is 5.83. The van der Waals surface area contributed by atoms with Crippen molar-refractivity contribution in [3.63, 3.8) is 0 Å². The van der Waals surface area contributed by atoms with Crippen molar-refractivity contribution in [1.29, 1.82) is 0 Å². The van der Waals surface area contributed by atoms with Crippen LogP contribution in [0.15, 0.2) is 73.4 Å². The van der Waals surface area contributed by atoms with E-state index in [0.717, 1.165) is 33.7 Å². The number of anilines is 1. The van der Waals surface area contributed by atoms with Crippen LogP contribution in [-0.4, -0.2) is 29.1 Å². The summed E-state index contributed by atoms with van der Waals surface area (Å²) in [6.07, 6.45) is 7.70. The first-order chi connectivity index (χ1) is 13.2. The van der Waals surface area contributed by atoms with Gasteiger partial charge in [-0.15, -0.1) is 5.10 Å². The minimum atomic E-state index is 0.703. The highest BCUT2D eigenvalue weighted by atomic mass is 15.4. The van der Waals surface area contributed by atoms with Crippen molar-refractivity contribution in [2.24, 2.45) is 7.05 Å². The van der Waals surface area contributed by atoms with Crippen LogP contribution in [0.1, 0.15) is 0 Å². The summed E-state index contributed by atoms with van der Waals surface area (Å²) in [4.78, 5) is 4.57. The lowest BCUT2D eigenvalue weighted by molar-refractivity contribution is 0.715. The number of fused-ring (bicyclic) bond motifs is 1. The monoisotopic (exact) mass is 355 g/mol. The molecular weight excluding hydrogens is 338 g/mol. The van der Waals surface area contributed by atoms with Gasteiger partial charge in [-0.2, -0.15) is 0 Å². The number of nitrogens with two attached hydrogens (primary N) is 1. The Labute approximate surface area is 155 Å². The minimum absolute atomic E-state index is 0.703. The van der Waals surface area contributed by atoms with Gasteiger partial charge in [0.15, 0.2) is 0 Å². The Hall–Kier alpha value is -3.87. The summed E-state index contributed by atoms with van der Waals surface area (Å²) >= 11 is 0. The fraction of sp³-hybridized carbons (Fsp3) is 0.0500. The molecule has 0 saturated heterocycles. The number of imidazole rings is 1. The first kappa shape index (κ1) is 15.4. The average Bonchev–Trinajstić information content (AvgIpc) is 3.41. The van der Waals surface area contributed by atoms with Crippen molar-refractivity contribution in [2.75, 3.05) is 5.73 Å². The Bertz CT molecular complexity index is 1240. The van der Waals surface area contributed by atoms with E-state index in [1.807, 2.05) is 83.6 Å². The first-order valence-electron chi connectivity index (χ1n) is 8.55. The fourth-order valence-corrected chi connectivity index (χ4v) is 3.27. The summed E-state index contributed by atoms with van der Waals surface area (Å²) in [6.45, 7) is 0. The van der Waals surface area contributed by atoms with Crippen molar-refractivity contribution in [3.8, 4) is 22.6 Å². The Kier molecular flexibility index (Phi) is 3.33. The minimum Gasteiger partial charge on any atom is -0.399 e. The third-order valence-corrected chi connectivity index (χ3v) is 4.55. The van der Waals surface area contributed by atoms with Gasteiger partial charge in [-0.25, -0.2) is 4.98 Å². The molecule has 0 unspecified atom stereocenters. The maximum absolute atomic E-state index is 6.15. The molecule has 0 atom stereocenters. The lowest BCUT2D eigenvalue weighted by Gasteiger charge is -2.10. The van der Waals surface area contributed by atoms with Crippen LogP contribution in [0.25, 0.3) is 33.7 Å². The van der Waals surface area contributed by atoms with Crippen molar-refractivity contribution >= 4 is 16.7 Å². The lowest BCUT2D eigenvalue weighted by Crippen LogP contribution is -1.98. The normalized spacial score (nSPS) is 11.3. The van der Waals surface area contributed by atoms with Crippen LogP contribution in [0.2, 0.25) is 0 Å². The Morgan fingerprint density at radius 1 is 0.963 bits per heavy atom. The van der Waals surface area contributed by atoms with Gasteiger partial charge in [0.05, 0.1) is 22.9 Å². The van der Waals surface area contributed by atoms with E-state index < -0.39 is 0 Å². The number of nitrogen functional groups attached to an aromatic ring is 1. The summed E-state index contributed by atoms with van der Waals surface area (Å²) < 4.78 is 5.76. The highest BCUT2D eigenvalue weighted by Gasteiger charge is 2.10. The predicted molar refractivity (Wildman–Crippen MR) is 105 cm³/mol. The van der Waals surface area contributed by atoms with E-state index in [1.54, 1.807) is 4.68 Å². The van der Waals surface area contributed by atoms with Gasteiger partial charge >= 0.3 is 0 Å². The van der Waals surface area contributed by atoms with Gasteiger partial charge in [0, 0.05) is 36.4 Å². The standard InChI is InChI=1S/C20H17N7/c1-25-12-19(23-24-25)14-4-5-20-18(8-14)22-13-27(20)17-10-15(21)9-16(11-17)26-6-2-3-7-26/h2-13H,21H2,1H3. The topological polar surface area (TPSA) is 79.5 Å². The third-order valence-electron chi connectivity index (χ3n) is 4.55. The predicted octanol–water partition coefficient (Wildman–Crippen LogP) is 3.19. The second kappa shape index (κ2) is 5.84. The molecule has 3 aromatic heterocycles. The summed E-state index contributed by atoms with van der Waals surface area (Å²) in [5.74, 6) is 0. The molecule has 0 saturated carbocycles. The number of hydrogen-bond acceptors (Lipinski definition) is 4. The largest absolute Gasteiger partial charge is 0.399 e. The lowest BCUT2D eigenvalue weighted by atomic mass is 10.1. The van der Waals surface area contributed by atoms with Gasteiger partial charge in [-0.1, -0.05) is 11.3 Å². The molecule has 0 aliphatic heterocycles. The first-order valence-corrected chi connectivity index (χ1v) is 8.55. The highest BCUT2D eigenvalue weighted by Crippen LogP contribution is 2.26. The van der Waals surface area contributed by atoms with Crippen LogP contribution in [0.4, 0.5) is 5.69 Å². The van der Waals surface area contributed by atoms with E-state index in [2.05, 4.69) is 21.4 Å². The zero-order chi connectivity index (χ0) is 18.4. The number of nitrogens with zero attached hydrogens (tertiary/aromatic N) is 6. The molecule has 132 valence electrons. The van der Waals surface area contributed by atoms with E-state index >= 15 is 0 Å². The molecule has 3 heterocycles. The smallest absolute Gasteiger partial charge is 0.113 e. The number of aromatic nitrogens is 6. The molecule has 5 aromatic rings. The summed E-state index contributed by atoms with van der Waals surface area (Å²) in [6, 6.07) is 16.1. The number of aryl methyl sites for hydroxylation is 1. The van der Waals surface area contributed by atoms with Crippen molar-refractivity contribution in [3.05, 3.63) is 73.4 Å². The molecule has 7 nitrogen and oxygen atoms in total. The van der Waals surface area contributed by atoms with Crippen LogP contribution in [-0.2, 0) is 7.05 Å².